The summed E-state index contributed by atoms with van der Waals surface area (Å²) in [5, 5.41) is 28.5. The fourth-order valence-electron chi connectivity index (χ4n) is 13.4. The number of ketones is 1. The third-order valence-corrected chi connectivity index (χ3v) is 20.5. The summed E-state index contributed by atoms with van der Waals surface area (Å²) in [4.78, 5) is 94.5. The zero-order valence-electron chi connectivity index (χ0n) is 68.8. The van der Waals surface area contributed by atoms with E-state index in [1.54, 1.807) is 49.1 Å². The van der Waals surface area contributed by atoms with Crippen molar-refractivity contribution in [2.45, 2.75) is 27.4 Å². The number of rotatable bonds is 27. The number of para-hydroxylation sites is 6. The van der Waals surface area contributed by atoms with Gasteiger partial charge in [0, 0.05) is 159 Å². The lowest BCUT2D eigenvalue weighted by atomic mass is 10.0. The topological polar surface area (TPSA) is 295 Å². The second-order valence-corrected chi connectivity index (χ2v) is 29.4. The standard InChI is InChI=1S/C32H35N7O2.C32H33N7O2.C30H32N8O/c1-4-30(40)35-27-7-5-6-8-28(27)36-31-29(41-22-24-11-9-23(2)10-12-24)21-33-32(37-31)34-25-13-15-26(16-14-25)39-19-17-38(3)18-20-39;1-4-30(41)35-28-7-5-6-8-29(28)36-31-27(24-11-9-23(10-12-24)22(2)40)21-33-32(37-31)34-25-13-15-26(16-14-25)39-19-17-38(3)18-20-39;1-4-28(39)34-26-7-5-6-8-27(26)35-29-25(22-10-9-21(2)31-19-22)20-32-30(36-29)33-23-11-13-24(14-12-23)38-17-15-37(3)16-18-38/h4-16,21H,1,17-20,22H2,2-3H3,(H,35,40)(H2,33,34,36,37);4-16,21H,1,17-20H2,2-3H3,(H,35,41)(H2,33,34,36,37);4-14,19-20H,1,15-18H2,2-3H3,(H,34,39)(H2,32,33,35,36). The Bertz CT molecular complexity index is 5560. The van der Waals surface area contributed by atoms with Crippen LogP contribution in [0, 0.1) is 13.8 Å². The first-order valence-electron chi connectivity index (χ1n) is 40.0. The number of carbonyl (C=O) groups excluding carboxylic acids is 4. The van der Waals surface area contributed by atoms with Crippen LogP contribution < -0.4 is 67.3 Å². The maximum Gasteiger partial charge on any atom is 0.247 e. The summed E-state index contributed by atoms with van der Waals surface area (Å²) in [6, 6.07) is 66.5. The number of piperazine rings is 3. The summed E-state index contributed by atoms with van der Waals surface area (Å²) in [6.07, 6.45) is 10.7. The fourth-order valence-corrected chi connectivity index (χ4v) is 13.4. The van der Waals surface area contributed by atoms with Crippen LogP contribution >= 0.6 is 0 Å². The van der Waals surface area contributed by atoms with Crippen molar-refractivity contribution < 1.29 is 23.9 Å². The second kappa shape index (κ2) is 40.9. The molecular weight excluding hydrogens is 1520 g/mol. The summed E-state index contributed by atoms with van der Waals surface area (Å²) < 4.78 is 6.15. The lowest BCUT2D eigenvalue weighted by Gasteiger charge is -2.34. The van der Waals surface area contributed by atoms with Crippen LogP contribution in [0.25, 0.3) is 22.3 Å². The smallest absolute Gasteiger partial charge is 0.247 e. The van der Waals surface area contributed by atoms with Crippen molar-refractivity contribution in [1.29, 1.82) is 0 Å². The van der Waals surface area contributed by atoms with Gasteiger partial charge in [-0.3, -0.25) is 24.2 Å². The third kappa shape index (κ3) is 23.6. The first-order valence-corrected chi connectivity index (χ1v) is 40.0. The second-order valence-electron chi connectivity index (χ2n) is 29.4. The Hall–Kier alpha value is -14.7. The lowest BCUT2D eigenvalue weighted by Crippen LogP contribution is -2.44. The molecule has 3 amide bonds. The molecule has 12 aromatic rings. The van der Waals surface area contributed by atoms with Crippen molar-refractivity contribution in [2.75, 3.05) is 162 Å². The van der Waals surface area contributed by atoms with E-state index >= 15 is 0 Å². The number of likely N-dealkylation sites (N-methyl/N-ethyl adjacent to an activating group) is 3. The Morgan fingerprint density at radius 1 is 0.372 bits per heavy atom. The van der Waals surface area contributed by atoms with Crippen molar-refractivity contribution in [2.24, 2.45) is 0 Å². The van der Waals surface area contributed by atoms with Crippen LogP contribution in [0.15, 0.2) is 269 Å². The Kier molecular flexibility index (Phi) is 28.5. The molecule has 0 unspecified atom stereocenters. The summed E-state index contributed by atoms with van der Waals surface area (Å²) in [5.74, 6) is 2.40. The van der Waals surface area contributed by atoms with Gasteiger partial charge >= 0.3 is 0 Å². The predicted molar refractivity (Wildman–Crippen MR) is 489 cm³/mol. The zero-order valence-corrected chi connectivity index (χ0v) is 68.8. The van der Waals surface area contributed by atoms with E-state index in [1.165, 1.54) is 47.8 Å². The van der Waals surface area contributed by atoms with Gasteiger partial charge in [0.1, 0.15) is 18.2 Å². The number of nitrogens with zero attached hydrogens (tertiary/aromatic N) is 13. The number of amides is 3. The minimum atomic E-state index is -0.315. The normalized spacial score (nSPS) is 13.4. The summed E-state index contributed by atoms with van der Waals surface area (Å²) in [6.45, 7) is 28.9. The Morgan fingerprint density at radius 3 is 1.08 bits per heavy atom. The molecule has 27 heteroatoms. The molecule has 9 N–H and O–H groups in total. The lowest BCUT2D eigenvalue weighted by molar-refractivity contribution is -0.112. The number of hydrogen-bond donors (Lipinski definition) is 9. The maximum absolute atomic E-state index is 12.0. The van der Waals surface area contributed by atoms with E-state index in [1.807, 2.05) is 140 Å². The molecule has 3 saturated heterocycles. The number of aromatic nitrogens is 7. The van der Waals surface area contributed by atoms with Crippen LogP contribution in [0.4, 0.5) is 104 Å². The number of nitrogens with one attached hydrogen (secondary N) is 9. The molecule has 0 saturated carbocycles. The number of aryl methyl sites for hydroxylation is 2. The van der Waals surface area contributed by atoms with Gasteiger partial charge in [0.15, 0.2) is 17.4 Å². The van der Waals surface area contributed by atoms with E-state index < -0.39 is 0 Å². The van der Waals surface area contributed by atoms with Crippen molar-refractivity contribution in [1.82, 2.24) is 49.6 Å². The first-order chi connectivity index (χ1) is 58.8. The maximum atomic E-state index is 12.0. The van der Waals surface area contributed by atoms with E-state index in [0.29, 0.717) is 87.3 Å². The molecule has 3 aliphatic rings. The van der Waals surface area contributed by atoms with Gasteiger partial charge in [0.2, 0.25) is 35.6 Å². The highest BCUT2D eigenvalue weighted by molar-refractivity contribution is 6.03. The van der Waals surface area contributed by atoms with Gasteiger partial charge in [-0.1, -0.05) is 116 Å². The Labute approximate surface area is 705 Å². The van der Waals surface area contributed by atoms with Gasteiger partial charge < -0.3 is 82.0 Å². The average Bonchev–Trinajstić information content (AvgIpc) is 0.847. The van der Waals surface area contributed by atoms with Gasteiger partial charge in [-0.2, -0.15) is 15.0 Å². The Balaban J connectivity index is 0.000000157. The molecule has 616 valence electrons. The number of carbonyl (C=O) groups is 4. The van der Waals surface area contributed by atoms with Gasteiger partial charge in [-0.15, -0.1) is 0 Å². The molecule has 27 nitrogen and oxygen atoms in total. The number of anilines is 18. The third-order valence-electron chi connectivity index (χ3n) is 20.5. The van der Waals surface area contributed by atoms with E-state index in [2.05, 4.69) is 194 Å². The monoisotopic (exact) mass is 1620 g/mol. The highest BCUT2D eigenvalue weighted by Crippen LogP contribution is 2.37. The van der Waals surface area contributed by atoms with Gasteiger partial charge in [0.05, 0.1) is 40.3 Å². The molecule has 3 fully saturated rings. The van der Waals surface area contributed by atoms with Gasteiger partial charge in [0.25, 0.3) is 0 Å². The molecule has 7 heterocycles. The molecule has 3 aliphatic heterocycles. The molecule has 0 radical (unpaired) electrons. The number of pyridine rings is 1. The number of hydrogen-bond acceptors (Lipinski definition) is 24. The van der Waals surface area contributed by atoms with E-state index in [-0.39, 0.29) is 23.5 Å². The summed E-state index contributed by atoms with van der Waals surface area (Å²) in [5.41, 5.74) is 17.0. The molecule has 0 aliphatic carbocycles. The first kappa shape index (κ1) is 84.3. The van der Waals surface area contributed by atoms with Crippen molar-refractivity contribution in [3.8, 4) is 28.0 Å². The number of benzene rings is 8. The van der Waals surface area contributed by atoms with Crippen LogP contribution in [0.3, 0.4) is 0 Å². The molecule has 8 aromatic carbocycles. The van der Waals surface area contributed by atoms with Crippen LogP contribution in [-0.4, -0.2) is 173 Å². The molecular formula is C94H100N22O5. The van der Waals surface area contributed by atoms with E-state index in [9.17, 15) is 19.2 Å². The molecule has 0 spiro atoms. The highest BCUT2D eigenvalue weighted by Gasteiger charge is 2.22. The minimum Gasteiger partial charge on any atom is -0.483 e. The van der Waals surface area contributed by atoms with Crippen LogP contribution in [0.1, 0.15) is 34.1 Å². The zero-order chi connectivity index (χ0) is 84.6. The van der Waals surface area contributed by atoms with Crippen LogP contribution in [0.2, 0.25) is 0 Å². The largest absolute Gasteiger partial charge is 0.483 e. The molecule has 0 bridgehead atoms. The molecule has 0 atom stereocenters. The van der Waals surface area contributed by atoms with Crippen molar-refractivity contribution in [3.05, 3.63) is 291 Å². The van der Waals surface area contributed by atoms with Crippen molar-refractivity contribution >= 4 is 127 Å². The predicted octanol–water partition coefficient (Wildman–Crippen LogP) is 16.6. The summed E-state index contributed by atoms with van der Waals surface area (Å²) >= 11 is 0. The fraction of sp³-hybridized carbons (Fsp3) is 0.202. The van der Waals surface area contributed by atoms with Crippen LogP contribution in [0.5, 0.6) is 5.75 Å². The minimum absolute atomic E-state index is 0.00349. The highest BCUT2D eigenvalue weighted by atomic mass is 16.5. The molecule has 15 rings (SSSR count). The Morgan fingerprint density at radius 2 is 0.719 bits per heavy atom. The molecule has 4 aromatic heterocycles. The number of ether oxygens (including phenoxy) is 1. The summed E-state index contributed by atoms with van der Waals surface area (Å²) in [7, 11) is 6.46. The van der Waals surface area contributed by atoms with Gasteiger partial charge in [-0.25, -0.2) is 15.0 Å². The number of Topliss-reactive ketones (excluding diaryl/α,β-unsaturated/α-hetero) is 1. The average molecular weight is 1620 g/mol. The molecule has 121 heavy (non-hydrogen) atoms. The van der Waals surface area contributed by atoms with Gasteiger partial charge in [-0.05, 0) is 187 Å². The quantitative estimate of drug-likeness (QED) is 0.0171. The van der Waals surface area contributed by atoms with Crippen LogP contribution in [-0.2, 0) is 21.0 Å². The van der Waals surface area contributed by atoms with Crippen molar-refractivity contribution in [3.63, 3.8) is 0 Å². The van der Waals surface area contributed by atoms with E-state index in [0.717, 1.165) is 129 Å². The SMILES string of the molecule is C=CC(=O)Nc1ccccc1Nc1nc(Nc2ccc(N3CCN(C)CC3)cc2)ncc1-c1ccc(C(C)=O)cc1.C=CC(=O)Nc1ccccc1Nc1nc(Nc2ccc(N3CCN(C)CC3)cc2)ncc1-c1ccc(C)nc1.C=CC(=O)Nc1ccccc1Nc1nc(Nc2ccc(N3CCN(C)CC3)cc2)ncc1OCc1ccc(C)cc1. The van der Waals surface area contributed by atoms with E-state index in [4.69, 9.17) is 19.7 Å².